The lowest BCUT2D eigenvalue weighted by Crippen LogP contribution is -2.41. The lowest BCUT2D eigenvalue weighted by molar-refractivity contribution is -0.126. The molecule has 0 saturated carbocycles. The fourth-order valence-electron chi connectivity index (χ4n) is 3.33. The number of nitrogens with one attached hydrogen (secondary N) is 1. The smallest absolute Gasteiger partial charge is 0.242 e. The molecule has 2 atom stereocenters. The largest absolute Gasteiger partial charge is 0.454 e. The van der Waals surface area contributed by atoms with Crippen molar-refractivity contribution in [3.63, 3.8) is 0 Å². The molecule has 0 saturated heterocycles. The average Bonchev–Trinajstić information content (AvgIpc) is 3.10. The van der Waals surface area contributed by atoms with Crippen LogP contribution in [0.2, 0.25) is 0 Å². The summed E-state index contributed by atoms with van der Waals surface area (Å²) in [5.41, 5.74) is 2.05. The molecule has 144 valence electrons. The molecule has 0 spiro atoms. The Balaban J connectivity index is 1.73. The SMILES string of the molecule is CN(C)C(CNC(=O)C(c1ccccc1)N(C)C)c1ccc2c(c1)OCO2. The van der Waals surface area contributed by atoms with E-state index >= 15 is 0 Å². The highest BCUT2D eigenvalue weighted by molar-refractivity contribution is 5.83. The van der Waals surface area contributed by atoms with Crippen molar-refractivity contribution in [2.24, 2.45) is 0 Å². The number of hydrogen-bond acceptors (Lipinski definition) is 5. The predicted octanol–water partition coefficient (Wildman–Crippen LogP) is 2.44. The molecule has 1 N–H and O–H groups in total. The van der Waals surface area contributed by atoms with Crippen molar-refractivity contribution in [1.82, 2.24) is 15.1 Å². The molecule has 2 unspecified atom stereocenters. The van der Waals surface area contributed by atoms with Crippen molar-refractivity contribution in [3.8, 4) is 11.5 Å². The van der Waals surface area contributed by atoms with E-state index in [-0.39, 0.29) is 24.8 Å². The van der Waals surface area contributed by atoms with E-state index in [1.54, 1.807) is 0 Å². The van der Waals surface area contributed by atoms with E-state index in [9.17, 15) is 4.79 Å². The monoisotopic (exact) mass is 369 g/mol. The van der Waals surface area contributed by atoms with E-state index in [4.69, 9.17) is 9.47 Å². The first-order valence-electron chi connectivity index (χ1n) is 9.02. The van der Waals surface area contributed by atoms with Gasteiger partial charge in [-0.25, -0.2) is 0 Å². The molecule has 2 aromatic rings. The summed E-state index contributed by atoms with van der Waals surface area (Å²) in [6, 6.07) is 15.4. The lowest BCUT2D eigenvalue weighted by Gasteiger charge is -2.28. The Kier molecular flexibility index (Phi) is 5.98. The van der Waals surface area contributed by atoms with Gasteiger partial charge in [0.1, 0.15) is 6.04 Å². The highest BCUT2D eigenvalue weighted by atomic mass is 16.7. The van der Waals surface area contributed by atoms with Gasteiger partial charge in [0.25, 0.3) is 0 Å². The predicted molar refractivity (Wildman–Crippen MR) is 105 cm³/mol. The van der Waals surface area contributed by atoms with E-state index < -0.39 is 0 Å². The number of benzene rings is 2. The maximum Gasteiger partial charge on any atom is 0.242 e. The van der Waals surface area contributed by atoms with E-state index in [1.807, 2.05) is 81.6 Å². The van der Waals surface area contributed by atoms with Gasteiger partial charge in [-0.2, -0.15) is 0 Å². The normalized spacial score (nSPS) is 15.0. The summed E-state index contributed by atoms with van der Waals surface area (Å²) >= 11 is 0. The number of amides is 1. The van der Waals surface area contributed by atoms with Crippen molar-refractivity contribution >= 4 is 5.91 Å². The van der Waals surface area contributed by atoms with Gasteiger partial charge in [-0.05, 0) is 51.5 Å². The Bertz CT molecular complexity index is 777. The second-order valence-electron chi connectivity index (χ2n) is 7.11. The van der Waals surface area contributed by atoms with Crippen molar-refractivity contribution in [2.45, 2.75) is 12.1 Å². The van der Waals surface area contributed by atoms with Crippen LogP contribution in [0.4, 0.5) is 0 Å². The van der Waals surface area contributed by atoms with E-state index in [0.717, 1.165) is 22.6 Å². The summed E-state index contributed by atoms with van der Waals surface area (Å²) < 4.78 is 10.9. The second kappa shape index (κ2) is 8.41. The molecule has 6 nitrogen and oxygen atoms in total. The summed E-state index contributed by atoms with van der Waals surface area (Å²) in [4.78, 5) is 16.9. The summed E-state index contributed by atoms with van der Waals surface area (Å²) in [6.45, 7) is 0.756. The van der Waals surface area contributed by atoms with Crippen LogP contribution in [0.15, 0.2) is 48.5 Å². The number of carbonyl (C=O) groups excluding carboxylic acids is 1. The number of hydrogen-bond donors (Lipinski definition) is 1. The van der Waals surface area contributed by atoms with Crippen LogP contribution in [-0.4, -0.2) is 57.2 Å². The van der Waals surface area contributed by atoms with Gasteiger partial charge in [0.15, 0.2) is 11.5 Å². The van der Waals surface area contributed by atoms with Gasteiger partial charge in [0, 0.05) is 6.54 Å². The van der Waals surface area contributed by atoms with Crippen molar-refractivity contribution < 1.29 is 14.3 Å². The summed E-state index contributed by atoms with van der Waals surface area (Å²) in [5, 5.41) is 3.12. The lowest BCUT2D eigenvalue weighted by atomic mass is 10.0. The molecule has 0 aromatic heterocycles. The molecule has 0 aliphatic carbocycles. The van der Waals surface area contributed by atoms with Gasteiger partial charge in [-0.1, -0.05) is 36.4 Å². The minimum absolute atomic E-state index is 0.0150. The van der Waals surface area contributed by atoms with Crippen molar-refractivity contribution in [3.05, 3.63) is 59.7 Å². The van der Waals surface area contributed by atoms with Gasteiger partial charge < -0.3 is 19.7 Å². The van der Waals surface area contributed by atoms with Crippen LogP contribution in [0, 0.1) is 0 Å². The molecule has 3 rings (SSSR count). The molecule has 0 bridgehead atoms. The topological polar surface area (TPSA) is 54.0 Å². The molecule has 0 fully saturated rings. The summed E-state index contributed by atoms with van der Waals surface area (Å²) in [6.07, 6.45) is 0. The fourth-order valence-corrected chi connectivity index (χ4v) is 3.33. The number of likely N-dealkylation sites (N-methyl/N-ethyl adjacent to an activating group) is 2. The van der Waals surface area contributed by atoms with Crippen LogP contribution >= 0.6 is 0 Å². The maximum atomic E-state index is 12.9. The molecule has 27 heavy (non-hydrogen) atoms. The maximum absolute atomic E-state index is 12.9. The standard InChI is InChI=1S/C21H27N3O3/c1-23(2)17(16-10-11-18-19(12-16)27-14-26-18)13-22-21(25)20(24(3)4)15-8-6-5-7-9-15/h5-12,17,20H,13-14H2,1-4H3,(H,22,25). The van der Waals surface area contributed by atoms with Crippen LogP contribution < -0.4 is 14.8 Å². The molecule has 1 amide bonds. The first-order chi connectivity index (χ1) is 13.0. The number of fused-ring (bicyclic) bond motifs is 1. The molecule has 1 aliphatic rings. The highest BCUT2D eigenvalue weighted by Crippen LogP contribution is 2.35. The van der Waals surface area contributed by atoms with Gasteiger partial charge in [-0.15, -0.1) is 0 Å². The summed E-state index contributed by atoms with van der Waals surface area (Å²) in [5.74, 6) is 1.50. The first kappa shape index (κ1) is 19.2. The third-order valence-corrected chi connectivity index (χ3v) is 4.75. The van der Waals surface area contributed by atoms with E-state index in [1.165, 1.54) is 0 Å². The number of ether oxygens (including phenoxy) is 2. The quantitative estimate of drug-likeness (QED) is 0.812. The molecular formula is C21H27N3O3. The minimum Gasteiger partial charge on any atom is -0.454 e. The summed E-state index contributed by atoms with van der Waals surface area (Å²) in [7, 11) is 7.83. The van der Waals surface area contributed by atoms with Crippen LogP contribution in [0.3, 0.4) is 0 Å². The number of rotatable bonds is 7. The third kappa shape index (κ3) is 4.40. The molecule has 6 heteroatoms. The Morgan fingerprint density at radius 2 is 1.67 bits per heavy atom. The van der Waals surface area contributed by atoms with Gasteiger partial charge >= 0.3 is 0 Å². The Morgan fingerprint density at radius 1 is 0.963 bits per heavy atom. The van der Waals surface area contributed by atoms with Crippen LogP contribution in [0.25, 0.3) is 0 Å². The van der Waals surface area contributed by atoms with Crippen LogP contribution in [0.1, 0.15) is 23.2 Å². The second-order valence-corrected chi connectivity index (χ2v) is 7.11. The molecule has 1 aliphatic heterocycles. The first-order valence-corrected chi connectivity index (χ1v) is 9.02. The molecule has 0 radical (unpaired) electrons. The highest BCUT2D eigenvalue weighted by Gasteiger charge is 2.25. The molecule has 1 heterocycles. The Labute approximate surface area is 160 Å². The number of nitrogens with zero attached hydrogens (tertiary/aromatic N) is 2. The zero-order valence-corrected chi connectivity index (χ0v) is 16.3. The van der Waals surface area contributed by atoms with E-state index in [0.29, 0.717) is 6.54 Å². The van der Waals surface area contributed by atoms with Gasteiger partial charge in [0.05, 0.1) is 6.04 Å². The average molecular weight is 369 g/mol. The fraction of sp³-hybridized carbons (Fsp3) is 0.381. The molecule has 2 aromatic carbocycles. The van der Waals surface area contributed by atoms with E-state index in [2.05, 4.69) is 10.2 Å². The zero-order valence-electron chi connectivity index (χ0n) is 16.3. The minimum atomic E-state index is -0.328. The van der Waals surface area contributed by atoms with Gasteiger partial charge in [-0.3, -0.25) is 9.69 Å². The zero-order chi connectivity index (χ0) is 19.4. The molecular weight excluding hydrogens is 342 g/mol. The Morgan fingerprint density at radius 3 is 2.33 bits per heavy atom. The van der Waals surface area contributed by atoms with Crippen molar-refractivity contribution in [1.29, 1.82) is 0 Å². The van der Waals surface area contributed by atoms with Crippen LogP contribution in [0.5, 0.6) is 11.5 Å². The van der Waals surface area contributed by atoms with Gasteiger partial charge in [0.2, 0.25) is 12.7 Å². The van der Waals surface area contributed by atoms with Crippen molar-refractivity contribution in [2.75, 3.05) is 41.5 Å². The Hall–Kier alpha value is -2.57. The third-order valence-electron chi connectivity index (χ3n) is 4.75. The number of carbonyl (C=O) groups is 1. The van der Waals surface area contributed by atoms with Crippen LogP contribution in [-0.2, 0) is 4.79 Å².